The number of aliphatic hydroxyl groups is 2. The Balaban J connectivity index is 1.87. The molecule has 0 aliphatic carbocycles. The normalized spacial score (nSPS) is 36.9. The van der Waals surface area contributed by atoms with E-state index in [4.69, 9.17) is 15.6 Å². The second kappa shape index (κ2) is 4.30. The van der Waals surface area contributed by atoms with Crippen LogP contribution in [0.25, 0.3) is 0 Å². The topological polar surface area (TPSA) is 132 Å². The van der Waals surface area contributed by atoms with Crippen molar-refractivity contribution in [1.29, 1.82) is 0 Å². The molecule has 0 spiro atoms. The second-order valence-electron chi connectivity index (χ2n) is 4.40. The van der Waals surface area contributed by atoms with Gasteiger partial charge in [0.2, 0.25) is 17.8 Å². The molecule has 0 bridgehead atoms. The van der Waals surface area contributed by atoms with E-state index < -0.39 is 37.0 Å². The van der Waals surface area contributed by atoms with Crippen LogP contribution in [0, 0.1) is 0 Å². The van der Waals surface area contributed by atoms with Gasteiger partial charge in [0.1, 0.15) is 12.2 Å². The molecule has 3 aliphatic heterocycles. The number of hydrogen-bond acceptors (Lipinski definition) is 8. The van der Waals surface area contributed by atoms with Gasteiger partial charge in [0.05, 0.1) is 12.9 Å². The summed E-state index contributed by atoms with van der Waals surface area (Å²) in [5.74, 6) is -0.103. The van der Waals surface area contributed by atoms with Crippen molar-refractivity contribution >= 4 is 18.5 Å². The number of fused-ring (bicyclic) bond motifs is 1. The van der Waals surface area contributed by atoms with Gasteiger partial charge in [-0.2, -0.15) is 0 Å². The maximum absolute atomic E-state index is 11.9. The number of rotatable bonds is 2. The predicted octanol–water partition coefficient (Wildman–Crippen LogP) is -3.64. The number of nitrogens with one attached hydrogen (secondary N) is 2. The minimum atomic E-state index is -1.33. The first-order valence-corrected chi connectivity index (χ1v) is 5.76. The van der Waals surface area contributed by atoms with E-state index >= 15 is 0 Å². The smallest absolute Gasteiger partial charge is 0.263 e. The van der Waals surface area contributed by atoms with Crippen LogP contribution in [0.5, 0.6) is 0 Å². The fourth-order valence-corrected chi connectivity index (χ4v) is 2.25. The lowest BCUT2D eigenvalue weighted by Gasteiger charge is -2.17. The molecule has 1 saturated heterocycles. The van der Waals surface area contributed by atoms with Gasteiger partial charge >= 0.3 is 0 Å². The molecule has 1 fully saturated rings. The largest absolute Gasteiger partial charge is 0.394 e. The van der Waals surface area contributed by atoms with Crippen LogP contribution in [-0.4, -0.2) is 64.5 Å². The number of ether oxygens (including phenoxy) is 1. The number of hydrogen-bond donors (Lipinski definition) is 5. The van der Waals surface area contributed by atoms with Crippen molar-refractivity contribution in [1.82, 2.24) is 10.6 Å². The highest BCUT2D eigenvalue weighted by atomic mass is 16.6. The Morgan fingerprint density at radius 3 is 3.00 bits per heavy atom. The molecule has 0 radical (unpaired) electrons. The lowest BCUT2D eigenvalue weighted by molar-refractivity contribution is -0.610. The lowest BCUT2D eigenvalue weighted by atomic mass is 10.1. The molecule has 0 amide bonds. The van der Waals surface area contributed by atoms with E-state index in [1.54, 1.807) is 0 Å². The Kier molecular flexibility index (Phi) is 2.73. The van der Waals surface area contributed by atoms with E-state index in [0.29, 0.717) is 11.5 Å². The molecule has 3 aliphatic rings. The minimum Gasteiger partial charge on any atom is -0.394 e. The van der Waals surface area contributed by atoms with E-state index in [2.05, 4.69) is 15.6 Å². The lowest BCUT2D eigenvalue weighted by Crippen LogP contribution is -2.41. The van der Waals surface area contributed by atoms with Gasteiger partial charge in [0.25, 0.3) is 12.4 Å². The first-order chi connectivity index (χ1) is 9.13. The van der Waals surface area contributed by atoms with Gasteiger partial charge in [-0.15, -0.1) is 0 Å². The molecule has 0 aromatic rings. The summed E-state index contributed by atoms with van der Waals surface area (Å²) in [5.41, 5.74) is 6.36. The van der Waals surface area contributed by atoms with Crippen LogP contribution in [0.3, 0.4) is 0 Å². The van der Waals surface area contributed by atoms with Gasteiger partial charge in [-0.3, -0.25) is 4.79 Å². The maximum atomic E-state index is 11.9. The van der Waals surface area contributed by atoms with Crippen LogP contribution < -0.4 is 16.4 Å². The molecule has 3 rings (SSSR count). The summed E-state index contributed by atoms with van der Waals surface area (Å²) in [6.07, 6.45) is -0.797. The summed E-state index contributed by atoms with van der Waals surface area (Å²) >= 11 is 0. The van der Waals surface area contributed by atoms with Crippen LogP contribution in [0.4, 0.5) is 0 Å². The molecule has 9 nitrogen and oxygen atoms in total. The number of aliphatic hydroxyl groups excluding tert-OH is 2. The minimum absolute atomic E-state index is 0.406. The molecule has 0 aromatic heterocycles. The highest BCUT2D eigenvalue weighted by Gasteiger charge is 2.50. The summed E-state index contributed by atoms with van der Waals surface area (Å²) in [6, 6.07) is 0. The van der Waals surface area contributed by atoms with Crippen molar-refractivity contribution in [2.45, 2.75) is 24.6 Å². The molecule has 6 N–H and O–H groups in total. The highest BCUT2D eigenvalue weighted by molar-refractivity contribution is 5.88. The Labute approximate surface area is 108 Å². The number of Topliss-reactive ketones (excluding diaryl/α,β-unsaturated/α-hetero) is 1. The Hall–Kier alpha value is -1.97. The Morgan fingerprint density at radius 1 is 1.53 bits per heavy atom. The van der Waals surface area contributed by atoms with Gasteiger partial charge in [0, 0.05) is 0 Å². The van der Waals surface area contributed by atoms with Crippen molar-refractivity contribution in [3.63, 3.8) is 0 Å². The van der Waals surface area contributed by atoms with Crippen LogP contribution in [0.2, 0.25) is 0 Å². The summed E-state index contributed by atoms with van der Waals surface area (Å²) in [6.45, 7) is -0.426. The van der Waals surface area contributed by atoms with Crippen molar-refractivity contribution in [3.05, 3.63) is 11.5 Å². The van der Waals surface area contributed by atoms with Gasteiger partial charge in [-0.05, 0) is 0 Å². The average molecular weight is 268 g/mol. The van der Waals surface area contributed by atoms with Crippen LogP contribution in [0.15, 0.2) is 16.5 Å². The van der Waals surface area contributed by atoms with Gasteiger partial charge in [-0.1, -0.05) is 0 Å². The molecule has 4 unspecified atom stereocenters. The monoisotopic (exact) mass is 268 g/mol. The third-order valence-corrected chi connectivity index (χ3v) is 3.28. The zero-order chi connectivity index (χ0) is 13.6. The predicted molar refractivity (Wildman–Crippen MR) is 62.8 cm³/mol. The average Bonchev–Trinajstić information content (AvgIpc) is 2.94. The first-order valence-electron chi connectivity index (χ1n) is 5.76. The summed E-state index contributed by atoms with van der Waals surface area (Å²) in [5, 5.41) is 24.3. The molecule has 0 aromatic carbocycles. The quantitative estimate of drug-likeness (QED) is 0.326. The summed E-state index contributed by atoms with van der Waals surface area (Å²) in [4.78, 5) is 16.1. The van der Waals surface area contributed by atoms with Crippen molar-refractivity contribution in [2.24, 2.45) is 10.7 Å². The number of aliphatic imine (C=N–C) groups is 1. The molecular formula is C10H14N5O4+. The molecule has 0 saturated carbocycles. The molecule has 4 atom stereocenters. The molecule has 9 heteroatoms. The zero-order valence-electron chi connectivity index (χ0n) is 9.85. The van der Waals surface area contributed by atoms with Crippen LogP contribution in [0.1, 0.15) is 0 Å². The Morgan fingerprint density at radius 2 is 2.32 bits per heavy atom. The van der Waals surface area contributed by atoms with Gasteiger partial charge in [0.15, 0.2) is 5.82 Å². The standard InChI is InChI=1S/C10H13N5O4/c11-8-5-9(13-2-12-8)15(3-14-5)10-7(18)6(17)4(1-16)19-10/h2-4,6,9-10,16-17H,1,11H2,(H,12,13)/p+1. The molecule has 3 heterocycles. The van der Waals surface area contributed by atoms with E-state index in [1.807, 2.05) is 0 Å². The van der Waals surface area contributed by atoms with Crippen LogP contribution in [-0.2, 0) is 9.53 Å². The molecule has 102 valence electrons. The first kappa shape index (κ1) is 12.1. The highest BCUT2D eigenvalue weighted by Crippen LogP contribution is 2.23. The molecular weight excluding hydrogens is 254 g/mol. The summed E-state index contributed by atoms with van der Waals surface area (Å²) in [7, 11) is 0. The Bertz CT molecular complexity index is 514. The second-order valence-corrected chi connectivity index (χ2v) is 4.40. The number of carbonyl (C=O) groups is 1. The van der Waals surface area contributed by atoms with Crippen molar-refractivity contribution in [3.8, 4) is 0 Å². The summed E-state index contributed by atoms with van der Waals surface area (Å²) < 4.78 is 6.87. The SMILES string of the molecule is NC1=C2NC=[N+](C3OC(CO)C(O)C3=O)C2N=CN1. The van der Waals surface area contributed by atoms with Gasteiger partial charge < -0.3 is 26.0 Å². The number of nitrogens with two attached hydrogens (primary N) is 1. The van der Waals surface area contributed by atoms with E-state index in [1.165, 1.54) is 17.3 Å². The van der Waals surface area contributed by atoms with Gasteiger partial charge in [-0.25, -0.2) is 14.9 Å². The number of nitrogens with zero attached hydrogens (tertiary/aromatic N) is 2. The molecule has 19 heavy (non-hydrogen) atoms. The van der Waals surface area contributed by atoms with Crippen molar-refractivity contribution in [2.75, 3.05) is 6.61 Å². The van der Waals surface area contributed by atoms with Crippen molar-refractivity contribution < 1.29 is 24.3 Å². The zero-order valence-corrected chi connectivity index (χ0v) is 9.85. The number of carbonyl (C=O) groups excluding carboxylic acids is 1. The fraction of sp³-hybridized carbons (Fsp3) is 0.500. The van der Waals surface area contributed by atoms with E-state index in [0.717, 1.165) is 0 Å². The number of ketones is 1. The fourth-order valence-electron chi connectivity index (χ4n) is 2.25. The van der Waals surface area contributed by atoms with E-state index in [9.17, 15) is 9.90 Å². The third-order valence-electron chi connectivity index (χ3n) is 3.28. The maximum Gasteiger partial charge on any atom is 0.263 e. The van der Waals surface area contributed by atoms with E-state index in [-0.39, 0.29) is 0 Å². The third kappa shape index (κ3) is 1.70. The van der Waals surface area contributed by atoms with Crippen LogP contribution >= 0.6 is 0 Å².